The molecule has 0 saturated heterocycles. The van der Waals surface area contributed by atoms with E-state index in [1.54, 1.807) is 18.2 Å². The highest BCUT2D eigenvalue weighted by Gasteiger charge is 2.13. The van der Waals surface area contributed by atoms with Gasteiger partial charge in [-0.3, -0.25) is 4.79 Å². The number of aliphatic carboxylic acids is 1. The topological polar surface area (TPSA) is 80.9 Å². The summed E-state index contributed by atoms with van der Waals surface area (Å²) in [6, 6.07) is 5.25. The number of nitrogens with zero attached hydrogens (tertiary/aromatic N) is 4. The first-order chi connectivity index (χ1) is 8.08. The third-order valence-electron chi connectivity index (χ3n) is 2.25. The Morgan fingerprint density at radius 3 is 2.94 bits per heavy atom. The number of carbonyl (C=O) groups is 1. The first-order valence-electron chi connectivity index (χ1n) is 4.82. The minimum Gasteiger partial charge on any atom is -0.480 e. The molecular formula is C10H9ClN4O2. The molecular weight excluding hydrogens is 244 g/mol. The predicted octanol–water partition coefficient (Wildman–Crippen LogP) is 1.39. The second-order valence-corrected chi connectivity index (χ2v) is 3.95. The Bertz CT molecular complexity index is 567. The fraction of sp³-hybridized carbons (Fsp3) is 0.200. The van der Waals surface area contributed by atoms with Crippen LogP contribution in [0.3, 0.4) is 0 Å². The summed E-state index contributed by atoms with van der Waals surface area (Å²) in [5, 5.41) is 20.3. The quantitative estimate of drug-likeness (QED) is 0.893. The Morgan fingerprint density at radius 2 is 2.29 bits per heavy atom. The van der Waals surface area contributed by atoms with Crippen LogP contribution in [0, 0.1) is 6.92 Å². The monoisotopic (exact) mass is 252 g/mol. The summed E-state index contributed by atoms with van der Waals surface area (Å²) in [4.78, 5) is 10.7. The average Bonchev–Trinajstić information content (AvgIpc) is 2.65. The van der Waals surface area contributed by atoms with E-state index in [0.717, 1.165) is 11.1 Å². The zero-order chi connectivity index (χ0) is 12.4. The highest BCUT2D eigenvalue weighted by Crippen LogP contribution is 2.23. The van der Waals surface area contributed by atoms with Crippen LogP contribution in [0.25, 0.3) is 11.4 Å². The van der Waals surface area contributed by atoms with Crippen molar-refractivity contribution in [3.63, 3.8) is 0 Å². The number of rotatable bonds is 3. The Balaban J connectivity index is 2.46. The lowest BCUT2D eigenvalue weighted by Crippen LogP contribution is -2.12. The number of benzene rings is 1. The van der Waals surface area contributed by atoms with Crippen LogP contribution in [0.5, 0.6) is 0 Å². The van der Waals surface area contributed by atoms with Crippen molar-refractivity contribution in [2.45, 2.75) is 13.5 Å². The molecule has 1 N–H and O–H groups in total. The molecule has 1 heterocycles. The van der Waals surface area contributed by atoms with Crippen molar-refractivity contribution in [2.24, 2.45) is 0 Å². The minimum absolute atomic E-state index is 0.273. The lowest BCUT2D eigenvalue weighted by molar-refractivity contribution is -0.137. The van der Waals surface area contributed by atoms with E-state index in [1.807, 2.05) is 6.92 Å². The van der Waals surface area contributed by atoms with Crippen molar-refractivity contribution in [2.75, 3.05) is 0 Å². The van der Waals surface area contributed by atoms with Gasteiger partial charge in [-0.2, -0.15) is 0 Å². The maximum Gasteiger partial charge on any atom is 0.325 e. The van der Waals surface area contributed by atoms with Crippen molar-refractivity contribution in [1.82, 2.24) is 20.2 Å². The summed E-state index contributed by atoms with van der Waals surface area (Å²) in [7, 11) is 0. The molecule has 0 saturated carbocycles. The first-order valence-corrected chi connectivity index (χ1v) is 5.20. The first kappa shape index (κ1) is 11.5. The van der Waals surface area contributed by atoms with Crippen LogP contribution in [0.4, 0.5) is 0 Å². The fourth-order valence-electron chi connectivity index (χ4n) is 1.51. The van der Waals surface area contributed by atoms with E-state index < -0.39 is 5.97 Å². The van der Waals surface area contributed by atoms with Crippen molar-refractivity contribution in [3.8, 4) is 11.4 Å². The SMILES string of the molecule is Cc1cc(Cl)ccc1-c1nnnn1CC(=O)O. The number of aryl methyl sites for hydroxylation is 1. The molecule has 0 aliphatic rings. The van der Waals surface area contributed by atoms with Gasteiger partial charge in [-0.1, -0.05) is 11.6 Å². The standard InChI is InChI=1S/C10H9ClN4O2/c1-6-4-7(11)2-3-8(6)10-12-13-14-15(10)5-9(16)17/h2-4H,5H2,1H3,(H,16,17). The minimum atomic E-state index is -0.995. The van der Waals surface area contributed by atoms with Gasteiger partial charge >= 0.3 is 5.97 Å². The number of hydrogen-bond acceptors (Lipinski definition) is 4. The summed E-state index contributed by atoms with van der Waals surface area (Å²) in [5.74, 6) is -0.577. The number of halogens is 1. The molecule has 6 nitrogen and oxygen atoms in total. The third-order valence-corrected chi connectivity index (χ3v) is 2.48. The summed E-state index contributed by atoms with van der Waals surface area (Å²) in [6.45, 7) is 1.59. The molecule has 1 aromatic heterocycles. The van der Waals surface area contributed by atoms with Gasteiger partial charge in [-0.25, -0.2) is 4.68 Å². The van der Waals surface area contributed by atoms with Gasteiger partial charge in [0, 0.05) is 10.6 Å². The van der Waals surface area contributed by atoms with E-state index in [1.165, 1.54) is 4.68 Å². The van der Waals surface area contributed by atoms with E-state index >= 15 is 0 Å². The van der Waals surface area contributed by atoms with Crippen molar-refractivity contribution < 1.29 is 9.90 Å². The van der Waals surface area contributed by atoms with E-state index in [0.29, 0.717) is 10.8 Å². The fourth-order valence-corrected chi connectivity index (χ4v) is 1.74. The van der Waals surface area contributed by atoms with E-state index in [-0.39, 0.29) is 6.54 Å². The second-order valence-electron chi connectivity index (χ2n) is 3.51. The van der Waals surface area contributed by atoms with Crippen LogP contribution in [-0.2, 0) is 11.3 Å². The molecule has 0 aliphatic carbocycles. The summed E-state index contributed by atoms with van der Waals surface area (Å²) in [6.07, 6.45) is 0. The second kappa shape index (κ2) is 4.50. The van der Waals surface area contributed by atoms with Crippen LogP contribution < -0.4 is 0 Å². The molecule has 0 atom stereocenters. The Labute approximate surface area is 102 Å². The summed E-state index contributed by atoms with van der Waals surface area (Å²) >= 11 is 5.85. The largest absolute Gasteiger partial charge is 0.480 e. The smallest absolute Gasteiger partial charge is 0.325 e. The van der Waals surface area contributed by atoms with Crippen LogP contribution >= 0.6 is 11.6 Å². The predicted molar refractivity (Wildman–Crippen MR) is 60.6 cm³/mol. The lowest BCUT2D eigenvalue weighted by atomic mass is 10.1. The molecule has 0 amide bonds. The van der Waals surface area contributed by atoms with E-state index in [2.05, 4.69) is 15.5 Å². The van der Waals surface area contributed by atoms with Gasteiger partial charge in [0.05, 0.1) is 0 Å². The number of hydrogen-bond donors (Lipinski definition) is 1. The molecule has 0 spiro atoms. The molecule has 0 unspecified atom stereocenters. The number of aromatic nitrogens is 4. The third kappa shape index (κ3) is 2.42. The van der Waals surface area contributed by atoms with Gasteiger partial charge in [-0.15, -0.1) is 5.10 Å². The molecule has 0 fully saturated rings. The van der Waals surface area contributed by atoms with Crippen LogP contribution in [0.2, 0.25) is 5.02 Å². The van der Waals surface area contributed by atoms with Gasteiger partial charge in [0.2, 0.25) is 0 Å². The average molecular weight is 253 g/mol. The zero-order valence-electron chi connectivity index (χ0n) is 8.96. The molecule has 2 aromatic rings. The Morgan fingerprint density at radius 1 is 1.53 bits per heavy atom. The number of carboxylic acids is 1. The molecule has 17 heavy (non-hydrogen) atoms. The van der Waals surface area contributed by atoms with Crippen molar-refractivity contribution in [1.29, 1.82) is 0 Å². The normalized spacial score (nSPS) is 10.5. The highest BCUT2D eigenvalue weighted by molar-refractivity contribution is 6.30. The van der Waals surface area contributed by atoms with Crippen LogP contribution in [-0.4, -0.2) is 31.3 Å². The van der Waals surface area contributed by atoms with Gasteiger partial charge in [0.25, 0.3) is 0 Å². The highest BCUT2D eigenvalue weighted by atomic mass is 35.5. The molecule has 0 radical (unpaired) electrons. The van der Waals surface area contributed by atoms with Gasteiger partial charge < -0.3 is 5.11 Å². The van der Waals surface area contributed by atoms with Crippen molar-refractivity contribution in [3.05, 3.63) is 28.8 Å². The number of tetrazole rings is 1. The van der Waals surface area contributed by atoms with Gasteiger partial charge in [0.1, 0.15) is 6.54 Å². The molecule has 88 valence electrons. The maximum absolute atomic E-state index is 10.7. The molecule has 1 aromatic carbocycles. The maximum atomic E-state index is 10.7. The molecule has 7 heteroatoms. The number of carboxylic acid groups (broad SMARTS) is 1. The Kier molecular flexibility index (Phi) is 3.06. The van der Waals surface area contributed by atoms with E-state index in [9.17, 15) is 4.79 Å². The summed E-state index contributed by atoms with van der Waals surface area (Å²) < 4.78 is 1.23. The van der Waals surface area contributed by atoms with E-state index in [4.69, 9.17) is 16.7 Å². The van der Waals surface area contributed by atoms with Crippen LogP contribution in [0.15, 0.2) is 18.2 Å². The summed E-state index contributed by atoms with van der Waals surface area (Å²) in [5.41, 5.74) is 1.65. The van der Waals surface area contributed by atoms with Gasteiger partial charge in [0.15, 0.2) is 5.82 Å². The van der Waals surface area contributed by atoms with Crippen LogP contribution in [0.1, 0.15) is 5.56 Å². The van der Waals surface area contributed by atoms with Crippen molar-refractivity contribution >= 4 is 17.6 Å². The Hall–Kier alpha value is -1.95. The lowest BCUT2D eigenvalue weighted by Gasteiger charge is -2.05. The molecule has 2 rings (SSSR count). The van der Waals surface area contributed by atoms with Gasteiger partial charge in [-0.05, 0) is 41.1 Å². The molecule has 0 aliphatic heterocycles. The molecule has 0 bridgehead atoms. The zero-order valence-corrected chi connectivity index (χ0v) is 9.72.